The SMILES string of the molecule is CNc1ccc2[nH]c(Cc3ccsc3)nc2n1. The summed E-state index contributed by atoms with van der Waals surface area (Å²) < 4.78 is 0. The van der Waals surface area contributed by atoms with Crippen molar-refractivity contribution in [2.24, 2.45) is 0 Å². The fourth-order valence-corrected chi connectivity index (χ4v) is 2.42. The second-order valence-corrected chi connectivity index (χ2v) is 4.59. The molecule has 0 saturated heterocycles. The predicted molar refractivity (Wildman–Crippen MR) is 70.6 cm³/mol. The Morgan fingerprint density at radius 3 is 3.00 bits per heavy atom. The van der Waals surface area contributed by atoms with Crippen LogP contribution < -0.4 is 5.32 Å². The van der Waals surface area contributed by atoms with Gasteiger partial charge in [-0.05, 0) is 34.5 Å². The second-order valence-electron chi connectivity index (χ2n) is 3.81. The van der Waals surface area contributed by atoms with Gasteiger partial charge in [-0.1, -0.05) is 0 Å². The van der Waals surface area contributed by atoms with Gasteiger partial charge in [-0.2, -0.15) is 11.3 Å². The molecule has 0 saturated carbocycles. The van der Waals surface area contributed by atoms with Crippen molar-refractivity contribution in [3.05, 3.63) is 40.3 Å². The molecular formula is C12H12N4S. The van der Waals surface area contributed by atoms with Gasteiger partial charge >= 0.3 is 0 Å². The molecule has 86 valence electrons. The van der Waals surface area contributed by atoms with Crippen molar-refractivity contribution >= 4 is 28.3 Å². The van der Waals surface area contributed by atoms with E-state index in [9.17, 15) is 0 Å². The van der Waals surface area contributed by atoms with Crippen molar-refractivity contribution in [1.29, 1.82) is 0 Å². The number of thiophene rings is 1. The van der Waals surface area contributed by atoms with E-state index in [1.54, 1.807) is 11.3 Å². The third-order valence-corrected chi connectivity index (χ3v) is 3.33. The molecule has 2 N–H and O–H groups in total. The molecule has 0 amide bonds. The lowest BCUT2D eigenvalue weighted by atomic mass is 10.2. The number of pyridine rings is 1. The van der Waals surface area contributed by atoms with Crippen LogP contribution in [0.5, 0.6) is 0 Å². The Labute approximate surface area is 103 Å². The standard InChI is InChI=1S/C12H12N4S/c1-13-10-3-2-9-12(15-10)16-11(14-9)6-8-4-5-17-7-8/h2-5,7H,6H2,1H3,(H2,13,14,15,16). The predicted octanol–water partition coefficient (Wildman–Crippen LogP) is 2.65. The molecule has 0 atom stereocenters. The average molecular weight is 244 g/mol. The lowest BCUT2D eigenvalue weighted by Gasteiger charge is -1.95. The maximum Gasteiger partial charge on any atom is 0.179 e. The Morgan fingerprint density at radius 2 is 2.24 bits per heavy atom. The monoisotopic (exact) mass is 244 g/mol. The molecule has 0 aliphatic heterocycles. The van der Waals surface area contributed by atoms with Crippen LogP contribution in [0.1, 0.15) is 11.4 Å². The summed E-state index contributed by atoms with van der Waals surface area (Å²) in [6.45, 7) is 0. The summed E-state index contributed by atoms with van der Waals surface area (Å²) >= 11 is 1.70. The lowest BCUT2D eigenvalue weighted by molar-refractivity contribution is 1.04. The minimum atomic E-state index is 0.766. The van der Waals surface area contributed by atoms with Crippen LogP contribution in [0, 0.1) is 0 Å². The minimum absolute atomic E-state index is 0.766. The Balaban J connectivity index is 1.96. The Hall–Kier alpha value is -1.88. The molecular weight excluding hydrogens is 232 g/mol. The fraction of sp³-hybridized carbons (Fsp3) is 0.167. The molecule has 0 aliphatic carbocycles. The molecule has 3 aromatic rings. The van der Waals surface area contributed by atoms with E-state index in [1.165, 1.54) is 5.56 Å². The summed E-state index contributed by atoms with van der Waals surface area (Å²) in [7, 11) is 1.85. The van der Waals surface area contributed by atoms with Crippen molar-refractivity contribution in [1.82, 2.24) is 15.0 Å². The number of aromatic nitrogens is 3. The summed E-state index contributed by atoms with van der Waals surface area (Å²) in [4.78, 5) is 12.2. The summed E-state index contributed by atoms with van der Waals surface area (Å²) in [6, 6.07) is 6.05. The van der Waals surface area contributed by atoms with Crippen LogP contribution in [0.4, 0.5) is 5.82 Å². The molecule has 3 heterocycles. The van der Waals surface area contributed by atoms with Gasteiger partial charge in [0.15, 0.2) is 5.65 Å². The quantitative estimate of drug-likeness (QED) is 0.744. The Morgan fingerprint density at radius 1 is 1.29 bits per heavy atom. The maximum absolute atomic E-state index is 4.49. The molecule has 0 bridgehead atoms. The first-order valence-electron chi connectivity index (χ1n) is 5.39. The normalized spacial score (nSPS) is 10.9. The van der Waals surface area contributed by atoms with E-state index in [1.807, 2.05) is 19.2 Å². The maximum atomic E-state index is 4.49. The number of hydrogen-bond donors (Lipinski definition) is 2. The van der Waals surface area contributed by atoms with Crippen molar-refractivity contribution in [2.45, 2.75) is 6.42 Å². The largest absolute Gasteiger partial charge is 0.373 e. The van der Waals surface area contributed by atoms with Crippen LogP contribution in [0.2, 0.25) is 0 Å². The molecule has 3 aromatic heterocycles. The van der Waals surface area contributed by atoms with Gasteiger partial charge < -0.3 is 10.3 Å². The molecule has 3 rings (SSSR count). The third-order valence-electron chi connectivity index (χ3n) is 2.60. The molecule has 0 radical (unpaired) electrons. The molecule has 17 heavy (non-hydrogen) atoms. The van der Waals surface area contributed by atoms with Crippen molar-refractivity contribution in [2.75, 3.05) is 12.4 Å². The Kier molecular flexibility index (Phi) is 2.53. The van der Waals surface area contributed by atoms with Gasteiger partial charge in [0, 0.05) is 13.5 Å². The van der Waals surface area contributed by atoms with E-state index in [2.05, 4.69) is 37.1 Å². The number of nitrogens with zero attached hydrogens (tertiary/aromatic N) is 2. The zero-order valence-corrected chi connectivity index (χ0v) is 10.2. The smallest absolute Gasteiger partial charge is 0.179 e. The van der Waals surface area contributed by atoms with Gasteiger partial charge in [-0.25, -0.2) is 9.97 Å². The highest BCUT2D eigenvalue weighted by Gasteiger charge is 2.05. The van der Waals surface area contributed by atoms with Crippen molar-refractivity contribution in [3.8, 4) is 0 Å². The number of rotatable bonds is 3. The van der Waals surface area contributed by atoms with E-state index in [4.69, 9.17) is 0 Å². The number of aromatic amines is 1. The van der Waals surface area contributed by atoms with Gasteiger partial charge in [0.05, 0.1) is 5.52 Å². The molecule has 0 spiro atoms. The van der Waals surface area contributed by atoms with Gasteiger partial charge in [-0.15, -0.1) is 0 Å². The molecule has 0 fully saturated rings. The summed E-state index contributed by atoms with van der Waals surface area (Å²) in [6.07, 6.45) is 0.828. The van der Waals surface area contributed by atoms with Crippen LogP contribution in [-0.4, -0.2) is 22.0 Å². The van der Waals surface area contributed by atoms with E-state index in [0.717, 1.165) is 29.2 Å². The van der Waals surface area contributed by atoms with Crippen LogP contribution in [0.15, 0.2) is 29.0 Å². The van der Waals surface area contributed by atoms with E-state index in [-0.39, 0.29) is 0 Å². The Bertz CT molecular complexity index is 627. The molecule has 0 aliphatic rings. The number of nitrogens with one attached hydrogen (secondary N) is 2. The van der Waals surface area contributed by atoms with Crippen LogP contribution in [0.25, 0.3) is 11.2 Å². The zero-order valence-electron chi connectivity index (χ0n) is 9.40. The molecule has 5 heteroatoms. The molecule has 4 nitrogen and oxygen atoms in total. The van der Waals surface area contributed by atoms with E-state index < -0.39 is 0 Å². The fourth-order valence-electron chi connectivity index (χ4n) is 1.75. The van der Waals surface area contributed by atoms with Crippen LogP contribution in [-0.2, 0) is 6.42 Å². The lowest BCUT2D eigenvalue weighted by Crippen LogP contribution is -1.91. The summed E-state index contributed by atoms with van der Waals surface area (Å²) in [5, 5.41) is 7.23. The van der Waals surface area contributed by atoms with Crippen molar-refractivity contribution in [3.63, 3.8) is 0 Å². The first-order chi connectivity index (χ1) is 8.35. The zero-order chi connectivity index (χ0) is 11.7. The van der Waals surface area contributed by atoms with Crippen molar-refractivity contribution < 1.29 is 0 Å². The van der Waals surface area contributed by atoms with E-state index >= 15 is 0 Å². The van der Waals surface area contributed by atoms with Gasteiger partial charge in [-0.3, -0.25) is 0 Å². The topological polar surface area (TPSA) is 53.6 Å². The third kappa shape index (κ3) is 2.01. The first-order valence-corrected chi connectivity index (χ1v) is 6.34. The molecule has 0 unspecified atom stereocenters. The number of imidazole rings is 1. The number of H-pyrrole nitrogens is 1. The summed E-state index contributed by atoms with van der Waals surface area (Å²) in [5.41, 5.74) is 3.03. The second kappa shape index (κ2) is 4.18. The van der Waals surface area contributed by atoms with Gasteiger partial charge in [0.2, 0.25) is 0 Å². The highest BCUT2D eigenvalue weighted by atomic mass is 32.1. The summed E-state index contributed by atoms with van der Waals surface area (Å²) in [5.74, 6) is 1.80. The molecule has 0 aromatic carbocycles. The minimum Gasteiger partial charge on any atom is -0.373 e. The average Bonchev–Trinajstić information content (AvgIpc) is 2.96. The number of hydrogen-bond acceptors (Lipinski definition) is 4. The van der Waals surface area contributed by atoms with Crippen LogP contribution in [0.3, 0.4) is 0 Å². The van der Waals surface area contributed by atoms with E-state index in [0.29, 0.717) is 0 Å². The first kappa shape index (κ1) is 10.3. The van der Waals surface area contributed by atoms with Gasteiger partial charge in [0.1, 0.15) is 11.6 Å². The number of fused-ring (bicyclic) bond motifs is 1. The van der Waals surface area contributed by atoms with Gasteiger partial charge in [0.25, 0.3) is 0 Å². The highest BCUT2D eigenvalue weighted by molar-refractivity contribution is 7.07. The van der Waals surface area contributed by atoms with Crippen LogP contribution >= 0.6 is 11.3 Å². The highest BCUT2D eigenvalue weighted by Crippen LogP contribution is 2.15. The number of anilines is 1.